The van der Waals surface area contributed by atoms with Crippen molar-refractivity contribution >= 4 is 31.6 Å². The van der Waals surface area contributed by atoms with E-state index in [1.54, 1.807) is 13.8 Å². The molecule has 0 aliphatic carbocycles. The fourth-order valence-electron chi connectivity index (χ4n) is 1.61. The Hall–Kier alpha value is -0.920. The Labute approximate surface area is 121 Å². The maximum atomic E-state index is 14.0. The first kappa shape index (κ1) is 16.1. The zero-order valence-corrected chi connectivity index (χ0v) is 13.1. The average molecular weight is 351 g/mol. The van der Waals surface area contributed by atoms with Crippen LogP contribution in [0.1, 0.15) is 13.8 Å². The van der Waals surface area contributed by atoms with Crippen molar-refractivity contribution in [3.63, 3.8) is 0 Å². The molecule has 0 amide bonds. The lowest BCUT2D eigenvalue weighted by Gasteiger charge is -2.25. The molecule has 0 unspecified atom stereocenters. The number of rotatable bonds is 5. The third kappa shape index (κ3) is 3.34. The van der Waals surface area contributed by atoms with Gasteiger partial charge in [0.25, 0.3) is 0 Å². The first-order valence-electron chi connectivity index (χ1n) is 5.59. The molecule has 0 spiro atoms. The molecular formula is C12H16BrFN2O2S. The molecular weight excluding hydrogens is 335 g/mol. The summed E-state index contributed by atoms with van der Waals surface area (Å²) in [5, 5.41) is 0. The smallest absolute Gasteiger partial charge is 0.246 e. The Bertz CT molecular complexity index is 588. The average Bonchev–Trinajstić information content (AvgIpc) is 2.29. The minimum absolute atomic E-state index is 0.0217. The summed E-state index contributed by atoms with van der Waals surface area (Å²) in [5.41, 5.74) is 5.75. The van der Waals surface area contributed by atoms with Gasteiger partial charge in [-0.3, -0.25) is 0 Å². The summed E-state index contributed by atoms with van der Waals surface area (Å²) in [6.07, 6.45) is 1.46. The standard InChI is InChI=1S/C12H16BrFN2O2S/c1-4-5-16(8(2)3)19(17,18)11-7-9(15)6-10(13)12(11)14/h4,6-8H,1,5,15H2,2-3H3. The normalized spacial score (nSPS) is 12.1. The maximum absolute atomic E-state index is 14.0. The Morgan fingerprint density at radius 1 is 1.53 bits per heavy atom. The number of hydrogen-bond acceptors (Lipinski definition) is 3. The van der Waals surface area contributed by atoms with E-state index in [1.807, 2.05) is 0 Å². The molecule has 0 aromatic heterocycles. The lowest BCUT2D eigenvalue weighted by molar-refractivity contribution is 0.380. The van der Waals surface area contributed by atoms with Gasteiger partial charge in [0.2, 0.25) is 10.0 Å². The maximum Gasteiger partial charge on any atom is 0.246 e. The molecule has 19 heavy (non-hydrogen) atoms. The van der Waals surface area contributed by atoms with E-state index in [9.17, 15) is 12.8 Å². The molecule has 2 N–H and O–H groups in total. The van der Waals surface area contributed by atoms with Gasteiger partial charge >= 0.3 is 0 Å². The summed E-state index contributed by atoms with van der Waals surface area (Å²) in [6, 6.07) is 2.12. The van der Waals surface area contributed by atoms with Gasteiger partial charge in [-0.15, -0.1) is 6.58 Å². The molecule has 0 heterocycles. The second kappa shape index (κ2) is 6.02. The van der Waals surface area contributed by atoms with Gasteiger partial charge in [-0.2, -0.15) is 4.31 Å². The number of hydrogen-bond donors (Lipinski definition) is 1. The van der Waals surface area contributed by atoms with Crippen LogP contribution in [0.3, 0.4) is 0 Å². The minimum Gasteiger partial charge on any atom is -0.399 e. The summed E-state index contributed by atoms with van der Waals surface area (Å²) in [4.78, 5) is -0.435. The van der Waals surface area contributed by atoms with Crippen molar-refractivity contribution in [2.24, 2.45) is 0 Å². The highest BCUT2D eigenvalue weighted by atomic mass is 79.9. The lowest BCUT2D eigenvalue weighted by Crippen LogP contribution is -2.37. The van der Waals surface area contributed by atoms with Gasteiger partial charge in [0.1, 0.15) is 4.90 Å². The van der Waals surface area contributed by atoms with E-state index in [2.05, 4.69) is 22.5 Å². The molecule has 1 rings (SSSR count). The number of sulfonamides is 1. The van der Waals surface area contributed by atoms with Crippen molar-refractivity contribution in [3.8, 4) is 0 Å². The first-order valence-corrected chi connectivity index (χ1v) is 7.82. The van der Waals surface area contributed by atoms with Crippen LogP contribution in [0.5, 0.6) is 0 Å². The monoisotopic (exact) mass is 350 g/mol. The molecule has 0 aliphatic rings. The Morgan fingerprint density at radius 2 is 2.11 bits per heavy atom. The molecule has 4 nitrogen and oxygen atoms in total. The van der Waals surface area contributed by atoms with Crippen LogP contribution in [0, 0.1) is 5.82 Å². The van der Waals surface area contributed by atoms with Crippen molar-refractivity contribution < 1.29 is 12.8 Å². The van der Waals surface area contributed by atoms with Crippen molar-refractivity contribution in [1.82, 2.24) is 4.31 Å². The quantitative estimate of drug-likeness (QED) is 0.655. The predicted molar refractivity (Wildman–Crippen MR) is 77.7 cm³/mol. The number of benzene rings is 1. The van der Waals surface area contributed by atoms with E-state index in [1.165, 1.54) is 12.1 Å². The molecule has 0 fully saturated rings. The third-order valence-electron chi connectivity index (χ3n) is 2.49. The van der Waals surface area contributed by atoms with Crippen molar-refractivity contribution in [2.75, 3.05) is 12.3 Å². The molecule has 0 saturated heterocycles. The van der Waals surface area contributed by atoms with E-state index in [-0.39, 0.29) is 22.7 Å². The Kier molecular flexibility index (Phi) is 5.11. The van der Waals surface area contributed by atoms with Crippen molar-refractivity contribution in [3.05, 3.63) is 35.1 Å². The van der Waals surface area contributed by atoms with Crippen LogP contribution in [-0.2, 0) is 10.0 Å². The molecule has 7 heteroatoms. The van der Waals surface area contributed by atoms with Crippen molar-refractivity contribution in [1.29, 1.82) is 0 Å². The number of halogens is 2. The molecule has 0 radical (unpaired) electrons. The van der Waals surface area contributed by atoms with Crippen molar-refractivity contribution in [2.45, 2.75) is 24.8 Å². The fraction of sp³-hybridized carbons (Fsp3) is 0.333. The SMILES string of the molecule is C=CCN(C(C)C)S(=O)(=O)c1cc(N)cc(Br)c1F. The number of nitrogen functional groups attached to an aromatic ring is 1. The van der Waals surface area contributed by atoms with Gasteiger partial charge in [-0.1, -0.05) is 6.08 Å². The second-order valence-electron chi connectivity index (χ2n) is 4.27. The zero-order chi connectivity index (χ0) is 14.8. The van der Waals surface area contributed by atoms with Crippen LogP contribution >= 0.6 is 15.9 Å². The molecule has 0 bridgehead atoms. The fourth-order valence-corrected chi connectivity index (χ4v) is 3.95. The predicted octanol–water partition coefficient (Wildman–Crippen LogP) is 2.76. The highest BCUT2D eigenvalue weighted by Crippen LogP contribution is 2.29. The molecule has 0 atom stereocenters. The number of nitrogens with zero attached hydrogens (tertiary/aromatic N) is 1. The Morgan fingerprint density at radius 3 is 2.58 bits per heavy atom. The van der Waals surface area contributed by atoms with Crippen LogP contribution in [0.15, 0.2) is 34.2 Å². The highest BCUT2D eigenvalue weighted by molar-refractivity contribution is 9.10. The van der Waals surface area contributed by atoms with Crippen LogP contribution < -0.4 is 5.73 Å². The van der Waals surface area contributed by atoms with E-state index in [4.69, 9.17) is 5.73 Å². The number of anilines is 1. The molecule has 0 aliphatic heterocycles. The number of nitrogens with two attached hydrogens (primary N) is 1. The van der Waals surface area contributed by atoms with Gasteiger partial charge in [0.05, 0.1) is 4.47 Å². The molecule has 0 saturated carbocycles. The van der Waals surface area contributed by atoms with Crippen LogP contribution in [-0.4, -0.2) is 25.3 Å². The highest BCUT2D eigenvalue weighted by Gasteiger charge is 2.30. The van der Waals surface area contributed by atoms with E-state index in [0.717, 1.165) is 10.4 Å². The van der Waals surface area contributed by atoms with Gasteiger partial charge in [-0.05, 0) is 41.9 Å². The second-order valence-corrected chi connectivity index (χ2v) is 6.99. The zero-order valence-electron chi connectivity index (χ0n) is 10.7. The van der Waals surface area contributed by atoms with Gasteiger partial charge < -0.3 is 5.73 Å². The summed E-state index contributed by atoms with van der Waals surface area (Å²) in [7, 11) is -3.96. The topological polar surface area (TPSA) is 63.4 Å². The van der Waals surface area contributed by atoms with Crippen LogP contribution in [0.4, 0.5) is 10.1 Å². The molecule has 1 aromatic carbocycles. The van der Waals surface area contributed by atoms with E-state index >= 15 is 0 Å². The van der Waals surface area contributed by atoms with E-state index in [0.29, 0.717) is 0 Å². The molecule has 1 aromatic rings. The largest absolute Gasteiger partial charge is 0.399 e. The Balaban J connectivity index is 3.45. The van der Waals surface area contributed by atoms with Gasteiger partial charge in [0, 0.05) is 18.3 Å². The summed E-state index contributed by atoms with van der Waals surface area (Å²) >= 11 is 2.96. The van der Waals surface area contributed by atoms with Gasteiger partial charge in [-0.25, -0.2) is 12.8 Å². The summed E-state index contributed by atoms with van der Waals surface area (Å²) < 4.78 is 40.1. The minimum atomic E-state index is -3.96. The first-order chi connectivity index (χ1) is 8.71. The van der Waals surface area contributed by atoms with Gasteiger partial charge in [0.15, 0.2) is 5.82 Å². The molecule has 106 valence electrons. The van der Waals surface area contributed by atoms with Crippen LogP contribution in [0.25, 0.3) is 0 Å². The van der Waals surface area contributed by atoms with E-state index < -0.39 is 20.7 Å². The summed E-state index contributed by atoms with van der Waals surface area (Å²) in [5.74, 6) is -0.844. The third-order valence-corrected chi connectivity index (χ3v) is 5.11. The summed E-state index contributed by atoms with van der Waals surface area (Å²) in [6.45, 7) is 7.03. The van der Waals surface area contributed by atoms with Crippen LogP contribution in [0.2, 0.25) is 0 Å². The lowest BCUT2D eigenvalue weighted by atomic mass is 10.3.